The van der Waals surface area contributed by atoms with E-state index in [4.69, 9.17) is 0 Å². The van der Waals surface area contributed by atoms with Crippen LogP contribution in [0, 0.1) is 17.8 Å². The zero-order valence-electron chi connectivity index (χ0n) is 19.0. The number of carbonyl (C=O) groups is 1. The number of urea groups is 1. The molecule has 2 fully saturated rings. The third-order valence-corrected chi connectivity index (χ3v) is 6.48. The summed E-state index contributed by atoms with van der Waals surface area (Å²) in [6.07, 6.45) is 2.00. The molecule has 5 heteroatoms. The number of carbonyl (C=O) groups excluding carboxylic acids is 1. The van der Waals surface area contributed by atoms with Crippen molar-refractivity contribution >= 4 is 11.7 Å². The molecule has 168 valence electrons. The maximum absolute atomic E-state index is 13.0. The molecule has 0 radical (unpaired) electrons. The number of para-hydroxylation sites is 1. The minimum Gasteiger partial charge on any atom is -0.395 e. The first-order valence-electron chi connectivity index (χ1n) is 11.7. The van der Waals surface area contributed by atoms with Gasteiger partial charge in [-0.05, 0) is 49.2 Å². The van der Waals surface area contributed by atoms with Crippen LogP contribution in [0.25, 0.3) is 0 Å². The lowest BCUT2D eigenvalue weighted by atomic mass is 9.74. The quantitative estimate of drug-likeness (QED) is 0.718. The number of nitrogens with zero attached hydrogens (tertiary/aromatic N) is 2. The molecule has 2 aliphatic rings. The van der Waals surface area contributed by atoms with Gasteiger partial charge in [0, 0.05) is 48.3 Å². The van der Waals surface area contributed by atoms with E-state index in [1.165, 1.54) is 5.56 Å². The van der Waals surface area contributed by atoms with Gasteiger partial charge in [0.1, 0.15) is 0 Å². The Morgan fingerprint density at radius 3 is 2.50 bits per heavy atom. The summed E-state index contributed by atoms with van der Waals surface area (Å²) < 4.78 is 0. The second-order valence-electron chi connectivity index (χ2n) is 9.08. The predicted octanol–water partition coefficient (Wildman–Crippen LogP) is 4.15. The molecule has 2 amide bonds. The van der Waals surface area contributed by atoms with Gasteiger partial charge in [0.15, 0.2) is 0 Å². The van der Waals surface area contributed by atoms with E-state index in [9.17, 15) is 9.90 Å². The van der Waals surface area contributed by atoms with Gasteiger partial charge in [0.25, 0.3) is 0 Å². The number of benzene rings is 2. The van der Waals surface area contributed by atoms with Crippen LogP contribution in [-0.2, 0) is 0 Å². The highest BCUT2D eigenvalue weighted by Crippen LogP contribution is 2.42. The number of nitrogens with one attached hydrogen (secondary N) is 1. The van der Waals surface area contributed by atoms with Crippen LogP contribution in [-0.4, -0.2) is 59.3 Å². The lowest BCUT2D eigenvalue weighted by molar-refractivity contribution is -0.0585. The number of hydrogen-bond donors (Lipinski definition) is 2. The Kier molecular flexibility index (Phi) is 7.14. The highest BCUT2D eigenvalue weighted by Gasteiger charge is 2.49. The SMILES string of the molecule is CC(C)C#Cc1ccc([C@H]2[C@H](CO)N3CCCCN(C(=O)Nc4ccccc4)C[C@@H]23)cc1. The van der Waals surface area contributed by atoms with Gasteiger partial charge < -0.3 is 15.3 Å². The van der Waals surface area contributed by atoms with Gasteiger partial charge in [-0.3, -0.25) is 4.90 Å². The molecule has 3 atom stereocenters. The number of rotatable bonds is 3. The van der Waals surface area contributed by atoms with Crippen LogP contribution in [0.5, 0.6) is 0 Å². The Morgan fingerprint density at radius 1 is 1.09 bits per heavy atom. The number of amides is 2. The highest BCUT2D eigenvalue weighted by molar-refractivity contribution is 5.89. The number of aliphatic hydroxyl groups excluding tert-OH is 1. The first-order valence-corrected chi connectivity index (χ1v) is 11.7. The molecule has 32 heavy (non-hydrogen) atoms. The van der Waals surface area contributed by atoms with E-state index in [1.54, 1.807) is 0 Å². The number of anilines is 1. The van der Waals surface area contributed by atoms with Crippen molar-refractivity contribution in [3.05, 3.63) is 65.7 Å². The average molecular weight is 432 g/mol. The topological polar surface area (TPSA) is 55.8 Å². The minimum atomic E-state index is -0.0523. The van der Waals surface area contributed by atoms with E-state index in [0.29, 0.717) is 12.5 Å². The lowest BCUT2D eigenvalue weighted by Gasteiger charge is -2.57. The summed E-state index contributed by atoms with van der Waals surface area (Å²) in [5.74, 6) is 6.98. The summed E-state index contributed by atoms with van der Waals surface area (Å²) >= 11 is 0. The van der Waals surface area contributed by atoms with E-state index in [0.717, 1.165) is 37.2 Å². The monoisotopic (exact) mass is 431 g/mol. The Hall–Kier alpha value is -2.81. The van der Waals surface area contributed by atoms with Crippen LogP contribution in [0.1, 0.15) is 43.7 Å². The smallest absolute Gasteiger partial charge is 0.321 e. The molecule has 2 aromatic carbocycles. The summed E-state index contributed by atoms with van der Waals surface area (Å²) in [5.41, 5.74) is 3.04. The molecule has 0 bridgehead atoms. The highest BCUT2D eigenvalue weighted by atomic mass is 16.3. The van der Waals surface area contributed by atoms with Gasteiger partial charge >= 0.3 is 6.03 Å². The van der Waals surface area contributed by atoms with Crippen LogP contribution >= 0.6 is 0 Å². The van der Waals surface area contributed by atoms with Gasteiger partial charge in [-0.2, -0.15) is 0 Å². The van der Waals surface area contributed by atoms with E-state index in [1.807, 2.05) is 35.2 Å². The second kappa shape index (κ2) is 10.2. The first-order chi connectivity index (χ1) is 15.6. The fourth-order valence-corrected chi connectivity index (χ4v) is 4.87. The average Bonchev–Trinajstić information content (AvgIpc) is 2.78. The van der Waals surface area contributed by atoms with Crippen LogP contribution in [0.2, 0.25) is 0 Å². The maximum Gasteiger partial charge on any atom is 0.321 e. The van der Waals surface area contributed by atoms with E-state index in [2.05, 4.69) is 60.2 Å². The van der Waals surface area contributed by atoms with Crippen LogP contribution in [0.15, 0.2) is 54.6 Å². The largest absolute Gasteiger partial charge is 0.395 e. The first kappa shape index (κ1) is 22.4. The van der Waals surface area contributed by atoms with Crippen LogP contribution in [0.4, 0.5) is 10.5 Å². The minimum absolute atomic E-state index is 0.0523. The molecule has 4 rings (SSSR count). The molecule has 5 nitrogen and oxygen atoms in total. The van der Waals surface area contributed by atoms with Crippen molar-refractivity contribution in [3.8, 4) is 11.8 Å². The fourth-order valence-electron chi connectivity index (χ4n) is 4.87. The van der Waals surface area contributed by atoms with Crippen molar-refractivity contribution in [2.45, 2.75) is 44.7 Å². The van der Waals surface area contributed by atoms with Crippen molar-refractivity contribution in [2.24, 2.45) is 5.92 Å². The standard InChI is InChI=1S/C27H33N3O2/c1-20(2)10-11-21-12-14-22(15-13-21)26-24-18-29(16-6-7-17-30(24)25(26)19-31)27(32)28-23-8-4-3-5-9-23/h3-5,8-9,12-15,20,24-26,31H,6-7,16-19H2,1-2H3,(H,28,32)/t24-,25-,26+/m0/s1. The Bertz CT molecular complexity index is 962. The molecular formula is C27H33N3O2. The molecule has 0 unspecified atom stereocenters. The third-order valence-electron chi connectivity index (χ3n) is 6.48. The van der Waals surface area contributed by atoms with Gasteiger partial charge in [-0.15, -0.1) is 0 Å². The summed E-state index contributed by atoms with van der Waals surface area (Å²) in [7, 11) is 0. The molecule has 2 saturated heterocycles. The Morgan fingerprint density at radius 2 is 1.81 bits per heavy atom. The van der Waals surface area contributed by atoms with Crippen molar-refractivity contribution in [1.82, 2.24) is 9.80 Å². The second-order valence-corrected chi connectivity index (χ2v) is 9.08. The van der Waals surface area contributed by atoms with Crippen LogP contribution in [0.3, 0.4) is 0 Å². The predicted molar refractivity (Wildman–Crippen MR) is 129 cm³/mol. The number of aliphatic hydroxyl groups is 1. The Balaban J connectivity index is 1.51. The molecule has 2 aliphatic heterocycles. The van der Waals surface area contributed by atoms with Gasteiger partial charge in [0.05, 0.1) is 6.61 Å². The van der Waals surface area contributed by atoms with Gasteiger partial charge in [-0.1, -0.05) is 56.0 Å². The van der Waals surface area contributed by atoms with Gasteiger partial charge in [0.2, 0.25) is 0 Å². The van der Waals surface area contributed by atoms with Gasteiger partial charge in [-0.25, -0.2) is 4.79 Å². The summed E-state index contributed by atoms with van der Waals surface area (Å²) in [5, 5.41) is 13.2. The molecule has 0 spiro atoms. The maximum atomic E-state index is 13.0. The van der Waals surface area contributed by atoms with Crippen molar-refractivity contribution in [3.63, 3.8) is 0 Å². The number of hydrogen-bond acceptors (Lipinski definition) is 3. The molecule has 0 saturated carbocycles. The summed E-state index contributed by atoms with van der Waals surface area (Å²) in [6.45, 7) is 6.69. The molecule has 0 aromatic heterocycles. The van der Waals surface area contributed by atoms with Crippen molar-refractivity contribution in [1.29, 1.82) is 0 Å². The summed E-state index contributed by atoms with van der Waals surface area (Å²) in [4.78, 5) is 17.3. The van der Waals surface area contributed by atoms with E-state index >= 15 is 0 Å². The third kappa shape index (κ3) is 4.98. The van der Waals surface area contributed by atoms with E-state index in [-0.39, 0.29) is 30.6 Å². The zero-order valence-corrected chi connectivity index (χ0v) is 19.0. The van der Waals surface area contributed by atoms with Crippen LogP contribution < -0.4 is 5.32 Å². The van der Waals surface area contributed by atoms with E-state index < -0.39 is 0 Å². The number of fused-ring (bicyclic) bond motifs is 1. The fraction of sp³-hybridized carbons (Fsp3) is 0.444. The lowest BCUT2D eigenvalue weighted by Crippen LogP contribution is -2.68. The zero-order chi connectivity index (χ0) is 22.5. The Labute approximate surface area is 191 Å². The normalized spacial score (nSPS) is 23.2. The molecular weight excluding hydrogens is 398 g/mol. The summed E-state index contributed by atoms with van der Waals surface area (Å²) in [6, 6.07) is 18.3. The molecule has 2 N–H and O–H groups in total. The van der Waals surface area contributed by atoms with Crippen molar-refractivity contribution in [2.75, 3.05) is 31.6 Å². The molecule has 2 aromatic rings. The van der Waals surface area contributed by atoms with Crippen molar-refractivity contribution < 1.29 is 9.90 Å². The molecule has 2 heterocycles. The molecule has 0 aliphatic carbocycles.